The number of hydrogen-bond acceptors (Lipinski definition) is 5. The van der Waals surface area contributed by atoms with E-state index < -0.39 is 24.0 Å². The first kappa shape index (κ1) is 16.7. The molecule has 1 heterocycles. The molecule has 0 saturated carbocycles. The van der Waals surface area contributed by atoms with Crippen molar-refractivity contribution in [3.05, 3.63) is 46.7 Å². The molecule has 0 fully saturated rings. The Bertz CT molecular complexity index is 660. The summed E-state index contributed by atoms with van der Waals surface area (Å²) in [4.78, 5) is 36.6. The third kappa shape index (κ3) is 3.09. The van der Waals surface area contributed by atoms with Crippen molar-refractivity contribution in [3.63, 3.8) is 0 Å². The van der Waals surface area contributed by atoms with Crippen LogP contribution in [0.25, 0.3) is 0 Å². The SMILES string of the molecule is CCC(C(=O)O)=C(N)COC(C)N1C(=O)c2ccccc2C1=O. The number of carbonyl (C=O) groups is 3. The number of hydrogen-bond donors (Lipinski definition) is 2. The van der Waals surface area contributed by atoms with Gasteiger partial charge < -0.3 is 15.6 Å². The normalized spacial score (nSPS) is 16.2. The van der Waals surface area contributed by atoms with E-state index in [9.17, 15) is 14.4 Å². The summed E-state index contributed by atoms with van der Waals surface area (Å²) >= 11 is 0. The molecular formula is C16H18N2O5. The molecule has 1 aliphatic rings. The fraction of sp³-hybridized carbons (Fsp3) is 0.312. The van der Waals surface area contributed by atoms with Crippen molar-refractivity contribution < 1.29 is 24.2 Å². The maximum absolute atomic E-state index is 12.3. The fourth-order valence-corrected chi connectivity index (χ4v) is 2.43. The van der Waals surface area contributed by atoms with Gasteiger partial charge in [0.2, 0.25) is 0 Å². The molecule has 0 radical (unpaired) electrons. The van der Waals surface area contributed by atoms with Gasteiger partial charge in [-0.25, -0.2) is 9.69 Å². The average Bonchev–Trinajstić information content (AvgIpc) is 2.77. The quantitative estimate of drug-likeness (QED) is 0.605. The summed E-state index contributed by atoms with van der Waals surface area (Å²) < 4.78 is 5.43. The van der Waals surface area contributed by atoms with Crippen molar-refractivity contribution in [2.75, 3.05) is 6.61 Å². The lowest BCUT2D eigenvalue weighted by atomic mass is 10.1. The molecular weight excluding hydrogens is 300 g/mol. The molecule has 23 heavy (non-hydrogen) atoms. The van der Waals surface area contributed by atoms with Crippen LogP contribution in [0, 0.1) is 0 Å². The predicted octanol–water partition coefficient (Wildman–Crippen LogP) is 1.35. The van der Waals surface area contributed by atoms with E-state index in [1.807, 2.05) is 0 Å². The second kappa shape index (κ2) is 6.62. The zero-order chi connectivity index (χ0) is 17.1. The lowest BCUT2D eigenvalue weighted by molar-refractivity contribution is -0.133. The number of carbonyl (C=O) groups excluding carboxylic acids is 2. The topological polar surface area (TPSA) is 110 Å². The number of benzene rings is 1. The first-order valence-corrected chi connectivity index (χ1v) is 7.17. The van der Waals surface area contributed by atoms with Gasteiger partial charge in [0.05, 0.1) is 23.3 Å². The Kier molecular flexibility index (Phi) is 4.80. The van der Waals surface area contributed by atoms with E-state index in [0.717, 1.165) is 4.90 Å². The van der Waals surface area contributed by atoms with Crippen LogP contribution in [0.2, 0.25) is 0 Å². The van der Waals surface area contributed by atoms with Gasteiger partial charge in [0.15, 0.2) is 0 Å². The minimum atomic E-state index is -1.11. The summed E-state index contributed by atoms with van der Waals surface area (Å²) in [6.07, 6.45) is -0.598. The van der Waals surface area contributed by atoms with Crippen LogP contribution in [0.1, 0.15) is 41.0 Å². The second-order valence-corrected chi connectivity index (χ2v) is 5.10. The lowest BCUT2D eigenvalue weighted by Gasteiger charge is -2.23. The number of imide groups is 1. The van der Waals surface area contributed by atoms with Crippen LogP contribution in [0.5, 0.6) is 0 Å². The summed E-state index contributed by atoms with van der Waals surface area (Å²) in [5.41, 5.74) is 6.50. The third-order valence-electron chi connectivity index (χ3n) is 3.67. The molecule has 1 aromatic carbocycles. The Balaban J connectivity index is 2.11. The standard InChI is InChI=1S/C16H18N2O5/c1-3-10(16(21)22)13(17)8-23-9(2)18-14(19)11-6-4-5-7-12(11)15(18)20/h4-7,9H,3,8,17H2,1-2H3,(H,21,22). The van der Waals surface area contributed by atoms with E-state index in [2.05, 4.69) is 0 Å². The van der Waals surface area contributed by atoms with E-state index in [0.29, 0.717) is 11.1 Å². The van der Waals surface area contributed by atoms with Gasteiger partial charge in [0, 0.05) is 5.70 Å². The summed E-state index contributed by atoms with van der Waals surface area (Å²) in [5.74, 6) is -1.98. The van der Waals surface area contributed by atoms with E-state index in [4.69, 9.17) is 15.6 Å². The minimum Gasteiger partial charge on any atom is -0.478 e. The zero-order valence-corrected chi connectivity index (χ0v) is 12.9. The first-order chi connectivity index (χ1) is 10.9. The Hall–Kier alpha value is -2.67. The molecule has 0 aliphatic carbocycles. The Morgan fingerprint density at radius 2 is 1.78 bits per heavy atom. The van der Waals surface area contributed by atoms with Crippen molar-refractivity contribution >= 4 is 17.8 Å². The van der Waals surface area contributed by atoms with Gasteiger partial charge >= 0.3 is 5.97 Å². The van der Waals surface area contributed by atoms with Crippen molar-refractivity contribution in [1.29, 1.82) is 0 Å². The van der Waals surface area contributed by atoms with Gasteiger partial charge in [-0.2, -0.15) is 0 Å². The maximum Gasteiger partial charge on any atom is 0.333 e. The largest absolute Gasteiger partial charge is 0.478 e. The highest BCUT2D eigenvalue weighted by atomic mass is 16.5. The van der Waals surface area contributed by atoms with Crippen LogP contribution in [0.4, 0.5) is 0 Å². The minimum absolute atomic E-state index is 0.0551. The molecule has 1 aromatic rings. The maximum atomic E-state index is 12.3. The molecule has 2 rings (SSSR count). The lowest BCUT2D eigenvalue weighted by Crippen LogP contribution is -2.40. The molecule has 7 nitrogen and oxygen atoms in total. The number of fused-ring (bicyclic) bond motifs is 1. The Labute approximate surface area is 133 Å². The van der Waals surface area contributed by atoms with E-state index in [-0.39, 0.29) is 24.3 Å². The predicted molar refractivity (Wildman–Crippen MR) is 81.5 cm³/mol. The molecule has 3 N–H and O–H groups in total. The summed E-state index contributed by atoms with van der Waals surface area (Å²) in [6.45, 7) is 3.04. The number of rotatable bonds is 6. The molecule has 0 aromatic heterocycles. The number of carboxylic acids is 1. The van der Waals surface area contributed by atoms with E-state index >= 15 is 0 Å². The number of nitrogens with zero attached hydrogens (tertiary/aromatic N) is 1. The molecule has 1 atom stereocenters. The summed E-state index contributed by atoms with van der Waals surface area (Å²) in [6, 6.07) is 6.52. The third-order valence-corrected chi connectivity index (χ3v) is 3.67. The Morgan fingerprint density at radius 1 is 1.26 bits per heavy atom. The molecule has 1 aliphatic heterocycles. The number of nitrogens with two attached hydrogens (primary N) is 1. The highest BCUT2D eigenvalue weighted by Gasteiger charge is 2.38. The molecule has 7 heteroatoms. The van der Waals surface area contributed by atoms with E-state index in [1.165, 1.54) is 0 Å². The van der Waals surface area contributed by atoms with Crippen molar-refractivity contribution in [2.45, 2.75) is 26.5 Å². The van der Waals surface area contributed by atoms with Crippen LogP contribution >= 0.6 is 0 Å². The number of aliphatic carboxylic acids is 1. The smallest absolute Gasteiger partial charge is 0.333 e. The molecule has 1 unspecified atom stereocenters. The Morgan fingerprint density at radius 3 is 2.22 bits per heavy atom. The fourth-order valence-electron chi connectivity index (χ4n) is 2.43. The van der Waals surface area contributed by atoms with Gasteiger partial charge in [0.1, 0.15) is 6.23 Å². The average molecular weight is 318 g/mol. The number of ether oxygens (including phenoxy) is 1. The molecule has 0 spiro atoms. The second-order valence-electron chi connectivity index (χ2n) is 5.10. The van der Waals surface area contributed by atoms with Crippen LogP contribution in [-0.2, 0) is 9.53 Å². The van der Waals surface area contributed by atoms with Gasteiger partial charge in [-0.1, -0.05) is 19.1 Å². The zero-order valence-electron chi connectivity index (χ0n) is 12.9. The molecule has 0 bridgehead atoms. The van der Waals surface area contributed by atoms with Crippen molar-refractivity contribution in [2.24, 2.45) is 5.73 Å². The van der Waals surface area contributed by atoms with E-state index in [1.54, 1.807) is 38.1 Å². The monoisotopic (exact) mass is 318 g/mol. The highest BCUT2D eigenvalue weighted by Crippen LogP contribution is 2.24. The molecule has 0 saturated heterocycles. The summed E-state index contributed by atoms with van der Waals surface area (Å²) in [5, 5.41) is 9.01. The van der Waals surface area contributed by atoms with Crippen molar-refractivity contribution in [3.8, 4) is 0 Å². The van der Waals surface area contributed by atoms with Crippen LogP contribution in [-0.4, -0.2) is 40.6 Å². The van der Waals surface area contributed by atoms with Gasteiger partial charge in [-0.15, -0.1) is 0 Å². The highest BCUT2D eigenvalue weighted by molar-refractivity contribution is 6.21. The van der Waals surface area contributed by atoms with Gasteiger partial charge in [0.25, 0.3) is 11.8 Å². The number of carboxylic acid groups (broad SMARTS) is 1. The van der Waals surface area contributed by atoms with Crippen molar-refractivity contribution in [1.82, 2.24) is 4.90 Å². The molecule has 122 valence electrons. The molecule has 2 amide bonds. The summed E-state index contributed by atoms with van der Waals surface area (Å²) in [7, 11) is 0. The van der Waals surface area contributed by atoms with Crippen LogP contribution < -0.4 is 5.73 Å². The number of amides is 2. The first-order valence-electron chi connectivity index (χ1n) is 7.17. The van der Waals surface area contributed by atoms with Crippen LogP contribution in [0.3, 0.4) is 0 Å². The van der Waals surface area contributed by atoms with Crippen LogP contribution in [0.15, 0.2) is 35.5 Å². The van der Waals surface area contributed by atoms with Gasteiger partial charge in [-0.3, -0.25) is 9.59 Å². The van der Waals surface area contributed by atoms with Gasteiger partial charge in [-0.05, 0) is 25.5 Å².